The number of hydrogen-bond donors (Lipinski definition) is 2. The average molecular weight is 442 g/mol. The van der Waals surface area contributed by atoms with Crippen LogP contribution in [-0.2, 0) is 17.8 Å². The summed E-state index contributed by atoms with van der Waals surface area (Å²) in [5.74, 6) is -0.278. The SMILES string of the molecule is O=C(Cc1csc(NC(=O)c2cccs2)n1)NCc1ccc(Br)s1. The number of rotatable bonds is 6. The van der Waals surface area contributed by atoms with Crippen LogP contribution in [0.15, 0.2) is 38.8 Å². The lowest BCUT2D eigenvalue weighted by Crippen LogP contribution is -2.24. The number of aromatic nitrogens is 1. The van der Waals surface area contributed by atoms with Crippen LogP contribution in [0.1, 0.15) is 20.2 Å². The molecule has 0 aliphatic carbocycles. The van der Waals surface area contributed by atoms with Crippen molar-refractivity contribution in [1.29, 1.82) is 0 Å². The predicted octanol–water partition coefficient (Wildman–Crippen LogP) is 4.14. The molecule has 5 nitrogen and oxygen atoms in total. The first-order valence-electron chi connectivity index (χ1n) is 6.90. The van der Waals surface area contributed by atoms with E-state index in [-0.39, 0.29) is 18.2 Å². The number of halogens is 1. The highest BCUT2D eigenvalue weighted by Crippen LogP contribution is 2.22. The zero-order chi connectivity index (χ0) is 16.9. The van der Waals surface area contributed by atoms with Gasteiger partial charge in [-0.05, 0) is 39.5 Å². The van der Waals surface area contributed by atoms with E-state index in [1.165, 1.54) is 22.7 Å². The quantitative estimate of drug-likeness (QED) is 0.603. The number of carbonyl (C=O) groups is 2. The lowest BCUT2D eigenvalue weighted by atomic mass is 10.3. The van der Waals surface area contributed by atoms with Gasteiger partial charge >= 0.3 is 0 Å². The minimum absolute atomic E-state index is 0.0963. The first-order valence-corrected chi connectivity index (χ1v) is 10.3. The fourth-order valence-corrected chi connectivity index (χ4v) is 4.62. The van der Waals surface area contributed by atoms with Crippen molar-refractivity contribution in [3.05, 3.63) is 54.3 Å². The Morgan fingerprint density at radius 1 is 1.21 bits per heavy atom. The van der Waals surface area contributed by atoms with Gasteiger partial charge in [-0.1, -0.05) is 6.07 Å². The van der Waals surface area contributed by atoms with E-state index in [0.29, 0.717) is 22.2 Å². The molecule has 0 atom stereocenters. The van der Waals surface area contributed by atoms with E-state index in [2.05, 4.69) is 31.5 Å². The molecule has 0 aliphatic heterocycles. The molecule has 2 N–H and O–H groups in total. The van der Waals surface area contributed by atoms with Crippen molar-refractivity contribution < 1.29 is 9.59 Å². The molecule has 0 aromatic carbocycles. The van der Waals surface area contributed by atoms with Crippen LogP contribution in [0.3, 0.4) is 0 Å². The van der Waals surface area contributed by atoms with E-state index in [0.717, 1.165) is 8.66 Å². The van der Waals surface area contributed by atoms with Gasteiger partial charge in [0.1, 0.15) is 0 Å². The van der Waals surface area contributed by atoms with Crippen LogP contribution in [0, 0.1) is 0 Å². The molecule has 124 valence electrons. The molecule has 9 heteroatoms. The Labute approximate surface area is 158 Å². The maximum Gasteiger partial charge on any atom is 0.267 e. The summed E-state index contributed by atoms with van der Waals surface area (Å²) in [4.78, 5) is 29.9. The van der Waals surface area contributed by atoms with Crippen LogP contribution in [0.25, 0.3) is 0 Å². The van der Waals surface area contributed by atoms with Crippen LogP contribution >= 0.6 is 49.9 Å². The molecule has 3 heterocycles. The molecular weight excluding hydrogens is 430 g/mol. The third-order valence-corrected chi connectivity index (χ3v) is 6.25. The van der Waals surface area contributed by atoms with Crippen molar-refractivity contribution in [2.45, 2.75) is 13.0 Å². The molecule has 3 aromatic heterocycles. The lowest BCUT2D eigenvalue weighted by molar-refractivity contribution is -0.120. The van der Waals surface area contributed by atoms with Crippen LogP contribution in [-0.4, -0.2) is 16.8 Å². The standard InChI is InChI=1S/C15H12BrN3O2S3/c16-12-4-3-10(24-12)7-17-13(20)6-9-8-23-15(18-9)19-14(21)11-2-1-5-22-11/h1-5,8H,6-7H2,(H,17,20)(H,18,19,21). The monoisotopic (exact) mass is 441 g/mol. The van der Waals surface area contributed by atoms with Crippen molar-refractivity contribution >= 4 is 66.9 Å². The van der Waals surface area contributed by atoms with Gasteiger partial charge in [0.25, 0.3) is 5.91 Å². The zero-order valence-corrected chi connectivity index (χ0v) is 16.3. The third kappa shape index (κ3) is 4.73. The second-order valence-electron chi connectivity index (χ2n) is 4.73. The molecule has 3 aromatic rings. The van der Waals surface area contributed by atoms with Crippen molar-refractivity contribution in [2.75, 3.05) is 5.32 Å². The summed E-state index contributed by atoms with van der Waals surface area (Å²) in [6.45, 7) is 0.501. The minimum atomic E-state index is -0.182. The van der Waals surface area contributed by atoms with E-state index in [1.807, 2.05) is 23.6 Å². The Kier molecular flexibility index (Phi) is 5.77. The summed E-state index contributed by atoms with van der Waals surface area (Å²) >= 11 is 7.67. The largest absolute Gasteiger partial charge is 0.351 e. The Morgan fingerprint density at radius 2 is 2.08 bits per heavy atom. The van der Waals surface area contributed by atoms with Gasteiger partial charge in [0, 0.05) is 10.3 Å². The van der Waals surface area contributed by atoms with Gasteiger partial charge in [-0.2, -0.15) is 0 Å². The molecule has 24 heavy (non-hydrogen) atoms. The van der Waals surface area contributed by atoms with Gasteiger partial charge in [-0.3, -0.25) is 14.9 Å². The van der Waals surface area contributed by atoms with Gasteiger partial charge < -0.3 is 5.32 Å². The summed E-state index contributed by atoms with van der Waals surface area (Å²) < 4.78 is 1.04. The molecule has 0 fully saturated rings. The summed E-state index contributed by atoms with van der Waals surface area (Å²) in [7, 11) is 0. The molecule has 0 radical (unpaired) electrons. The molecule has 0 bridgehead atoms. The van der Waals surface area contributed by atoms with Crippen molar-refractivity contribution in [3.8, 4) is 0 Å². The topological polar surface area (TPSA) is 71.1 Å². The molecule has 2 amide bonds. The zero-order valence-electron chi connectivity index (χ0n) is 12.2. The van der Waals surface area contributed by atoms with Crippen LogP contribution in [0.4, 0.5) is 5.13 Å². The maximum atomic E-state index is 12.0. The Morgan fingerprint density at radius 3 is 2.79 bits per heavy atom. The fraction of sp³-hybridized carbons (Fsp3) is 0.133. The minimum Gasteiger partial charge on any atom is -0.351 e. The molecule has 0 saturated heterocycles. The second kappa shape index (κ2) is 8.02. The number of thiazole rings is 1. The number of anilines is 1. The highest BCUT2D eigenvalue weighted by atomic mass is 79.9. The van der Waals surface area contributed by atoms with E-state index < -0.39 is 0 Å². The van der Waals surface area contributed by atoms with Gasteiger partial charge in [0.05, 0.1) is 27.3 Å². The first-order chi connectivity index (χ1) is 11.6. The molecule has 0 saturated carbocycles. The summed E-state index contributed by atoms with van der Waals surface area (Å²) in [5.41, 5.74) is 0.645. The second-order valence-corrected chi connectivity index (χ2v) is 9.09. The summed E-state index contributed by atoms with van der Waals surface area (Å²) in [6, 6.07) is 7.50. The summed E-state index contributed by atoms with van der Waals surface area (Å²) in [5, 5.41) is 9.73. The number of nitrogens with zero attached hydrogens (tertiary/aromatic N) is 1. The Balaban J connectivity index is 1.50. The number of carbonyl (C=O) groups excluding carboxylic acids is 2. The molecular formula is C15H12BrN3O2S3. The number of thiophene rings is 2. The Hall–Kier alpha value is -1.55. The van der Waals surface area contributed by atoms with E-state index in [1.54, 1.807) is 22.8 Å². The van der Waals surface area contributed by atoms with E-state index in [9.17, 15) is 9.59 Å². The normalized spacial score (nSPS) is 10.5. The third-order valence-electron chi connectivity index (χ3n) is 2.95. The fourth-order valence-electron chi connectivity index (χ4n) is 1.87. The number of amides is 2. The average Bonchev–Trinajstić information content (AvgIpc) is 3.27. The molecule has 0 spiro atoms. The highest BCUT2D eigenvalue weighted by Gasteiger charge is 2.12. The van der Waals surface area contributed by atoms with Gasteiger partial charge in [-0.25, -0.2) is 4.98 Å². The van der Waals surface area contributed by atoms with Crippen LogP contribution in [0.5, 0.6) is 0 Å². The van der Waals surface area contributed by atoms with Gasteiger partial charge in [0.15, 0.2) is 5.13 Å². The molecule has 0 unspecified atom stereocenters. The number of nitrogens with one attached hydrogen (secondary N) is 2. The van der Waals surface area contributed by atoms with Crippen molar-refractivity contribution in [1.82, 2.24) is 10.3 Å². The first kappa shape index (κ1) is 17.3. The van der Waals surface area contributed by atoms with Gasteiger partial charge in [-0.15, -0.1) is 34.0 Å². The smallest absolute Gasteiger partial charge is 0.267 e. The van der Waals surface area contributed by atoms with Crippen molar-refractivity contribution in [3.63, 3.8) is 0 Å². The van der Waals surface area contributed by atoms with Gasteiger partial charge in [0.2, 0.25) is 5.91 Å². The van der Waals surface area contributed by atoms with Crippen LogP contribution in [0.2, 0.25) is 0 Å². The molecule has 3 rings (SSSR count). The summed E-state index contributed by atoms with van der Waals surface area (Å²) in [6.07, 6.45) is 0.192. The van der Waals surface area contributed by atoms with E-state index >= 15 is 0 Å². The lowest BCUT2D eigenvalue weighted by Gasteiger charge is -2.01. The maximum absolute atomic E-state index is 12.0. The van der Waals surface area contributed by atoms with E-state index in [4.69, 9.17) is 0 Å². The molecule has 0 aliphatic rings. The Bertz CT molecular complexity index is 842. The van der Waals surface area contributed by atoms with Crippen molar-refractivity contribution in [2.24, 2.45) is 0 Å². The van der Waals surface area contributed by atoms with Crippen LogP contribution < -0.4 is 10.6 Å². The predicted molar refractivity (Wildman–Crippen MR) is 102 cm³/mol. The number of hydrogen-bond acceptors (Lipinski definition) is 6. The highest BCUT2D eigenvalue weighted by molar-refractivity contribution is 9.11.